The Hall–Kier alpha value is -3.72. The van der Waals surface area contributed by atoms with Crippen LogP contribution in [0.1, 0.15) is 44.7 Å². The van der Waals surface area contributed by atoms with Gasteiger partial charge in [-0.3, -0.25) is 9.10 Å². The molecule has 4 rings (SSSR count). The number of fused-ring (bicyclic) bond motifs is 1. The molecule has 1 amide bonds. The van der Waals surface area contributed by atoms with Crippen LogP contribution in [0.3, 0.4) is 0 Å². The summed E-state index contributed by atoms with van der Waals surface area (Å²) in [6.45, 7) is 3.71. The van der Waals surface area contributed by atoms with Crippen molar-refractivity contribution in [1.29, 1.82) is 0 Å². The Morgan fingerprint density at radius 2 is 1.63 bits per heavy atom. The summed E-state index contributed by atoms with van der Waals surface area (Å²) >= 11 is 0. The van der Waals surface area contributed by atoms with Crippen molar-refractivity contribution in [3.63, 3.8) is 0 Å². The zero-order valence-corrected chi connectivity index (χ0v) is 23.0. The number of methoxy groups -OCH3 is 2. The summed E-state index contributed by atoms with van der Waals surface area (Å²) in [7, 11) is -1.16. The van der Waals surface area contributed by atoms with E-state index in [1.807, 2.05) is 24.3 Å². The van der Waals surface area contributed by atoms with Gasteiger partial charge in [-0.1, -0.05) is 44.2 Å². The molecule has 1 atom stereocenters. The lowest BCUT2D eigenvalue weighted by atomic mass is 9.83. The molecule has 3 aromatic rings. The summed E-state index contributed by atoms with van der Waals surface area (Å²) in [5, 5.41) is 3.09. The number of benzene rings is 3. The number of hydrogen-bond acceptors (Lipinski definition) is 6. The predicted octanol–water partition coefficient (Wildman–Crippen LogP) is 5.10. The molecular formula is C29H34N2O6S. The standard InChI is InChI=1S/C29H34N2O6S/c1-5-29(6-2)19-24(23-11-7-9-13-26(23)37-29)30-28(32)20-31(25-12-8-10-14-27(25)36-4)38(33,34)22-17-15-21(35-3)16-18-22/h7-18,24H,5-6,19-20H2,1-4H3,(H,30,32)/t24-/m0/s1. The SMILES string of the molecule is CCC1(CC)C[C@H](NC(=O)CN(c2ccccc2OC)S(=O)(=O)c2ccc(OC)cc2)c2ccccc2O1. The molecule has 9 heteroatoms. The van der Waals surface area contributed by atoms with E-state index in [-0.39, 0.29) is 16.6 Å². The lowest BCUT2D eigenvalue weighted by Crippen LogP contribution is -2.47. The minimum atomic E-state index is -4.13. The quantitative estimate of drug-likeness (QED) is 0.386. The topological polar surface area (TPSA) is 94.2 Å². The van der Waals surface area contributed by atoms with E-state index < -0.39 is 28.1 Å². The van der Waals surface area contributed by atoms with Crippen LogP contribution >= 0.6 is 0 Å². The van der Waals surface area contributed by atoms with Gasteiger partial charge >= 0.3 is 0 Å². The van der Waals surface area contributed by atoms with Crippen molar-refractivity contribution >= 4 is 21.6 Å². The Morgan fingerprint density at radius 1 is 0.974 bits per heavy atom. The summed E-state index contributed by atoms with van der Waals surface area (Å²) in [5.74, 6) is 1.17. The number of ether oxygens (including phenoxy) is 3. The van der Waals surface area contributed by atoms with Gasteiger partial charge in [0.25, 0.3) is 10.0 Å². The largest absolute Gasteiger partial charge is 0.497 e. The molecule has 1 N–H and O–H groups in total. The Morgan fingerprint density at radius 3 is 2.29 bits per heavy atom. The van der Waals surface area contributed by atoms with E-state index >= 15 is 0 Å². The maximum Gasteiger partial charge on any atom is 0.264 e. The highest BCUT2D eigenvalue weighted by molar-refractivity contribution is 7.92. The van der Waals surface area contributed by atoms with Crippen molar-refractivity contribution in [2.75, 3.05) is 25.1 Å². The van der Waals surface area contributed by atoms with Crippen LogP contribution in [0.25, 0.3) is 0 Å². The van der Waals surface area contributed by atoms with Crippen LogP contribution in [-0.4, -0.2) is 40.7 Å². The van der Waals surface area contributed by atoms with Crippen molar-refractivity contribution in [3.8, 4) is 17.2 Å². The molecule has 0 spiro atoms. The molecular weight excluding hydrogens is 504 g/mol. The molecule has 1 aliphatic rings. The fraction of sp³-hybridized carbons (Fsp3) is 0.345. The normalized spacial score (nSPS) is 16.1. The lowest BCUT2D eigenvalue weighted by Gasteiger charge is -2.41. The fourth-order valence-electron chi connectivity index (χ4n) is 4.81. The van der Waals surface area contributed by atoms with Gasteiger partial charge in [0.15, 0.2) is 0 Å². The van der Waals surface area contributed by atoms with Crippen LogP contribution in [0.2, 0.25) is 0 Å². The monoisotopic (exact) mass is 538 g/mol. The van der Waals surface area contributed by atoms with Crippen LogP contribution in [0.15, 0.2) is 77.7 Å². The summed E-state index contributed by atoms with van der Waals surface area (Å²) in [6, 6.07) is 20.1. The molecule has 0 saturated carbocycles. The van der Waals surface area contributed by atoms with E-state index in [2.05, 4.69) is 19.2 Å². The number of para-hydroxylation sites is 3. The smallest absolute Gasteiger partial charge is 0.264 e. The minimum absolute atomic E-state index is 0.0319. The molecule has 0 bridgehead atoms. The fourth-order valence-corrected chi connectivity index (χ4v) is 6.24. The summed E-state index contributed by atoms with van der Waals surface area (Å²) in [6.07, 6.45) is 2.15. The van der Waals surface area contributed by atoms with Crippen molar-refractivity contribution < 1.29 is 27.4 Å². The van der Waals surface area contributed by atoms with Gasteiger partial charge in [0.2, 0.25) is 5.91 Å². The Balaban J connectivity index is 1.68. The average molecular weight is 539 g/mol. The Kier molecular flexibility index (Phi) is 8.16. The van der Waals surface area contributed by atoms with Crippen LogP contribution in [0.5, 0.6) is 17.2 Å². The first kappa shape index (κ1) is 27.3. The number of sulfonamides is 1. The number of carbonyl (C=O) groups is 1. The molecule has 1 heterocycles. The van der Waals surface area contributed by atoms with Crippen molar-refractivity contribution in [3.05, 3.63) is 78.4 Å². The first-order valence-electron chi connectivity index (χ1n) is 12.6. The van der Waals surface area contributed by atoms with E-state index in [1.165, 1.54) is 26.4 Å². The molecule has 0 aliphatic carbocycles. The molecule has 0 radical (unpaired) electrons. The average Bonchev–Trinajstić information content (AvgIpc) is 2.95. The number of hydrogen-bond donors (Lipinski definition) is 1. The maximum atomic E-state index is 13.9. The molecule has 3 aromatic carbocycles. The molecule has 0 unspecified atom stereocenters. The second-order valence-corrected chi connectivity index (χ2v) is 11.1. The van der Waals surface area contributed by atoms with Crippen LogP contribution in [0.4, 0.5) is 5.69 Å². The first-order chi connectivity index (χ1) is 18.3. The summed E-state index contributed by atoms with van der Waals surface area (Å²) < 4.78 is 45.8. The van der Waals surface area contributed by atoms with Gasteiger partial charge in [0.1, 0.15) is 29.4 Å². The van der Waals surface area contributed by atoms with Gasteiger partial charge in [0.05, 0.1) is 30.8 Å². The third-order valence-corrected chi connectivity index (χ3v) is 8.88. The highest BCUT2D eigenvalue weighted by Crippen LogP contribution is 2.42. The van der Waals surface area contributed by atoms with E-state index in [0.29, 0.717) is 17.9 Å². The highest BCUT2D eigenvalue weighted by Gasteiger charge is 2.39. The molecule has 38 heavy (non-hydrogen) atoms. The van der Waals surface area contributed by atoms with E-state index in [4.69, 9.17) is 14.2 Å². The first-order valence-corrected chi connectivity index (χ1v) is 14.1. The highest BCUT2D eigenvalue weighted by atomic mass is 32.2. The van der Waals surface area contributed by atoms with Gasteiger partial charge in [-0.15, -0.1) is 0 Å². The van der Waals surface area contributed by atoms with Gasteiger partial charge in [-0.05, 0) is 55.3 Å². The molecule has 8 nitrogen and oxygen atoms in total. The molecule has 0 fully saturated rings. The van der Waals surface area contributed by atoms with Crippen molar-refractivity contribution in [2.24, 2.45) is 0 Å². The maximum absolute atomic E-state index is 13.9. The molecule has 202 valence electrons. The summed E-state index contributed by atoms with van der Waals surface area (Å²) in [4.78, 5) is 13.6. The number of anilines is 1. The Bertz CT molecular complexity index is 1370. The van der Waals surface area contributed by atoms with E-state index in [1.54, 1.807) is 36.4 Å². The number of carbonyl (C=O) groups excluding carboxylic acids is 1. The van der Waals surface area contributed by atoms with Gasteiger partial charge in [-0.2, -0.15) is 0 Å². The third kappa shape index (κ3) is 5.43. The lowest BCUT2D eigenvalue weighted by molar-refractivity contribution is -0.121. The van der Waals surface area contributed by atoms with Crippen LogP contribution in [0, 0.1) is 0 Å². The zero-order valence-electron chi connectivity index (χ0n) is 22.1. The second-order valence-electron chi connectivity index (χ2n) is 9.21. The molecule has 1 aliphatic heterocycles. The van der Waals surface area contributed by atoms with Crippen LogP contribution in [-0.2, 0) is 14.8 Å². The van der Waals surface area contributed by atoms with Crippen molar-refractivity contribution in [1.82, 2.24) is 5.32 Å². The van der Waals surface area contributed by atoms with E-state index in [0.717, 1.165) is 28.5 Å². The second kappa shape index (κ2) is 11.3. The number of nitrogens with zero attached hydrogens (tertiary/aromatic N) is 1. The third-order valence-electron chi connectivity index (χ3n) is 7.11. The summed E-state index contributed by atoms with van der Waals surface area (Å²) in [5.41, 5.74) is 0.731. The van der Waals surface area contributed by atoms with Crippen LogP contribution < -0.4 is 23.8 Å². The number of nitrogens with one attached hydrogen (secondary N) is 1. The molecule has 0 aromatic heterocycles. The Labute approximate surface area is 224 Å². The zero-order chi connectivity index (χ0) is 27.3. The minimum Gasteiger partial charge on any atom is -0.497 e. The van der Waals surface area contributed by atoms with Gasteiger partial charge < -0.3 is 19.5 Å². The van der Waals surface area contributed by atoms with Gasteiger partial charge in [-0.25, -0.2) is 8.42 Å². The predicted molar refractivity (Wildman–Crippen MR) is 146 cm³/mol. The number of amides is 1. The van der Waals surface area contributed by atoms with Crippen molar-refractivity contribution in [2.45, 2.75) is 49.6 Å². The molecule has 0 saturated heterocycles. The van der Waals surface area contributed by atoms with Gasteiger partial charge in [0, 0.05) is 12.0 Å². The number of rotatable bonds is 10. The van der Waals surface area contributed by atoms with E-state index in [9.17, 15) is 13.2 Å².